The molecule has 220 valence electrons. The molecule has 0 atom stereocenters. The van der Waals surface area contributed by atoms with Gasteiger partial charge in [-0.05, 0) is 77.6 Å². The summed E-state index contributed by atoms with van der Waals surface area (Å²) in [7, 11) is 1.35. The predicted octanol–water partition coefficient (Wildman–Crippen LogP) is 9.55. The van der Waals surface area contributed by atoms with Gasteiger partial charge in [-0.25, -0.2) is 9.78 Å². The van der Waals surface area contributed by atoms with E-state index in [-0.39, 0.29) is 0 Å². The third-order valence-corrected chi connectivity index (χ3v) is 7.69. The molecule has 1 aromatic heterocycles. The van der Waals surface area contributed by atoms with E-state index in [1.165, 1.54) is 19.2 Å². The van der Waals surface area contributed by atoms with E-state index in [1.807, 2.05) is 48.7 Å². The molecule has 0 radical (unpaired) electrons. The highest BCUT2D eigenvalue weighted by atomic mass is 35.5. The Kier molecular flexibility index (Phi) is 9.23. The van der Waals surface area contributed by atoms with Crippen LogP contribution >= 0.6 is 23.2 Å². The number of carbonyl (C=O) groups excluding carboxylic acids is 1. The fourth-order valence-electron chi connectivity index (χ4n) is 4.87. The quantitative estimate of drug-likeness (QED) is 0.154. The van der Waals surface area contributed by atoms with Crippen molar-refractivity contribution >= 4 is 29.2 Å². The fourth-order valence-corrected chi connectivity index (χ4v) is 5.37. The van der Waals surface area contributed by atoms with Gasteiger partial charge in [0.25, 0.3) is 0 Å². The highest BCUT2D eigenvalue weighted by Gasteiger charge is 2.30. The van der Waals surface area contributed by atoms with E-state index in [0.29, 0.717) is 34.1 Å². The molecule has 9 heteroatoms. The van der Waals surface area contributed by atoms with Crippen molar-refractivity contribution in [2.75, 3.05) is 7.11 Å². The van der Waals surface area contributed by atoms with Crippen molar-refractivity contribution in [3.05, 3.63) is 135 Å². The Morgan fingerprint density at radius 2 is 1.58 bits per heavy atom. The van der Waals surface area contributed by atoms with Crippen LogP contribution < -0.4 is 0 Å². The minimum absolute atomic E-state index is 0.391. The third-order valence-electron chi connectivity index (χ3n) is 7.14. The van der Waals surface area contributed by atoms with Gasteiger partial charge in [-0.3, -0.25) is 0 Å². The SMILES string of the molecule is COC(=O)c1ccc(Cn2cc(-c3ccc(Cl)cc3Cl)nc2CCCc2ccc(-c3cccc(C(F)(F)F)c3)cc2)cc1. The third kappa shape index (κ3) is 7.48. The first-order valence-electron chi connectivity index (χ1n) is 13.6. The second kappa shape index (κ2) is 13.1. The first kappa shape index (κ1) is 30.4. The molecular weight excluding hydrogens is 596 g/mol. The number of nitrogens with zero attached hydrogens (tertiary/aromatic N) is 2. The Morgan fingerprint density at radius 3 is 2.26 bits per heavy atom. The van der Waals surface area contributed by atoms with Crippen LogP contribution in [0.5, 0.6) is 0 Å². The summed E-state index contributed by atoms with van der Waals surface area (Å²) in [5.41, 5.74) is 4.64. The Hall–Kier alpha value is -4.07. The van der Waals surface area contributed by atoms with Gasteiger partial charge in [0.1, 0.15) is 5.82 Å². The van der Waals surface area contributed by atoms with Crippen LogP contribution in [-0.4, -0.2) is 22.6 Å². The van der Waals surface area contributed by atoms with E-state index in [0.717, 1.165) is 52.7 Å². The Labute approximate surface area is 257 Å². The molecule has 0 aliphatic rings. The van der Waals surface area contributed by atoms with Crippen LogP contribution in [0.1, 0.15) is 39.3 Å². The number of hydrogen-bond acceptors (Lipinski definition) is 3. The van der Waals surface area contributed by atoms with Gasteiger partial charge >= 0.3 is 12.1 Å². The van der Waals surface area contributed by atoms with Crippen molar-refractivity contribution in [3.63, 3.8) is 0 Å². The zero-order valence-electron chi connectivity index (χ0n) is 23.2. The van der Waals surface area contributed by atoms with Gasteiger partial charge in [0.2, 0.25) is 0 Å². The molecule has 0 spiro atoms. The van der Waals surface area contributed by atoms with Crippen molar-refractivity contribution in [1.29, 1.82) is 0 Å². The number of methoxy groups -OCH3 is 1. The van der Waals surface area contributed by atoms with Crippen LogP contribution in [0.2, 0.25) is 10.0 Å². The Balaban J connectivity index is 1.32. The average Bonchev–Trinajstić information content (AvgIpc) is 3.39. The van der Waals surface area contributed by atoms with E-state index < -0.39 is 17.7 Å². The number of carbonyl (C=O) groups is 1. The van der Waals surface area contributed by atoms with E-state index in [4.69, 9.17) is 32.9 Å². The van der Waals surface area contributed by atoms with Crippen LogP contribution in [0.3, 0.4) is 0 Å². The van der Waals surface area contributed by atoms with E-state index in [2.05, 4.69) is 4.57 Å². The molecule has 0 unspecified atom stereocenters. The second-order valence-corrected chi connectivity index (χ2v) is 11.0. The molecule has 4 aromatic carbocycles. The molecule has 0 amide bonds. The number of ether oxygens (including phenoxy) is 1. The smallest absolute Gasteiger partial charge is 0.416 e. The van der Waals surface area contributed by atoms with Gasteiger partial charge < -0.3 is 9.30 Å². The first-order valence-corrected chi connectivity index (χ1v) is 14.3. The molecule has 1 heterocycles. The number of halogens is 5. The first-order chi connectivity index (χ1) is 20.6. The minimum Gasteiger partial charge on any atom is -0.465 e. The summed E-state index contributed by atoms with van der Waals surface area (Å²) in [6, 6.07) is 25.5. The number of esters is 1. The van der Waals surface area contributed by atoms with Gasteiger partial charge in [-0.15, -0.1) is 0 Å². The maximum atomic E-state index is 13.1. The lowest BCUT2D eigenvalue weighted by molar-refractivity contribution is -0.137. The van der Waals surface area contributed by atoms with Crippen molar-refractivity contribution < 1.29 is 22.7 Å². The largest absolute Gasteiger partial charge is 0.465 e. The summed E-state index contributed by atoms with van der Waals surface area (Å²) in [5, 5.41) is 1.05. The lowest BCUT2D eigenvalue weighted by Crippen LogP contribution is -2.06. The van der Waals surface area contributed by atoms with E-state index >= 15 is 0 Å². The number of aromatic nitrogens is 2. The molecule has 0 N–H and O–H groups in total. The fraction of sp³-hybridized carbons (Fsp3) is 0.176. The highest BCUT2D eigenvalue weighted by molar-refractivity contribution is 6.36. The summed E-state index contributed by atoms with van der Waals surface area (Å²) in [6.45, 7) is 0.542. The molecule has 0 aliphatic heterocycles. The number of imidazole rings is 1. The van der Waals surface area contributed by atoms with Crippen LogP contribution in [0.15, 0.2) is 97.2 Å². The normalized spacial score (nSPS) is 11.5. The number of hydrogen-bond donors (Lipinski definition) is 0. The van der Waals surface area contributed by atoms with Gasteiger partial charge in [-0.2, -0.15) is 13.2 Å². The van der Waals surface area contributed by atoms with Crippen LogP contribution in [0.4, 0.5) is 13.2 Å². The molecule has 0 saturated carbocycles. The molecule has 5 rings (SSSR count). The second-order valence-electron chi connectivity index (χ2n) is 10.1. The van der Waals surface area contributed by atoms with Gasteiger partial charge in [0.15, 0.2) is 0 Å². The lowest BCUT2D eigenvalue weighted by Gasteiger charge is -2.10. The topological polar surface area (TPSA) is 44.1 Å². The molecular formula is C34H27Cl2F3N2O2. The molecule has 5 aromatic rings. The molecule has 43 heavy (non-hydrogen) atoms. The van der Waals surface area contributed by atoms with Crippen molar-refractivity contribution in [2.45, 2.75) is 32.0 Å². The van der Waals surface area contributed by atoms with Crippen molar-refractivity contribution in [2.24, 2.45) is 0 Å². The average molecular weight is 624 g/mol. The van der Waals surface area contributed by atoms with Crippen LogP contribution in [-0.2, 0) is 30.3 Å². The zero-order valence-corrected chi connectivity index (χ0v) is 24.7. The summed E-state index contributed by atoms with van der Waals surface area (Å²) in [6.07, 6.45) is -0.175. The monoisotopic (exact) mass is 622 g/mol. The zero-order chi connectivity index (χ0) is 30.6. The molecule has 0 fully saturated rings. The molecule has 4 nitrogen and oxygen atoms in total. The minimum atomic E-state index is -4.38. The number of aryl methyl sites for hydroxylation is 2. The van der Waals surface area contributed by atoms with Gasteiger partial charge in [0, 0.05) is 29.7 Å². The molecule has 0 bridgehead atoms. The number of alkyl halides is 3. The Morgan fingerprint density at radius 1 is 0.860 bits per heavy atom. The number of benzene rings is 4. The van der Waals surface area contributed by atoms with E-state index in [1.54, 1.807) is 30.3 Å². The van der Waals surface area contributed by atoms with Crippen LogP contribution in [0, 0.1) is 0 Å². The summed E-state index contributed by atoms with van der Waals surface area (Å²) >= 11 is 12.6. The van der Waals surface area contributed by atoms with E-state index in [9.17, 15) is 18.0 Å². The van der Waals surface area contributed by atoms with Gasteiger partial charge in [0.05, 0.1) is 29.0 Å². The van der Waals surface area contributed by atoms with Crippen LogP contribution in [0.25, 0.3) is 22.4 Å². The standard InChI is InChI=1S/C34H27Cl2F3N2O2/c1-43-33(42)25-14-10-23(11-15-25)20-41-21-31(29-17-16-28(35)19-30(29)36)40-32(41)7-2-4-22-8-12-24(13-9-22)26-5-3-6-27(18-26)34(37,38)39/h3,5-6,8-19,21H,2,4,7,20H2,1H3. The lowest BCUT2D eigenvalue weighted by atomic mass is 10.00. The summed E-state index contributed by atoms with van der Waals surface area (Å²) in [4.78, 5) is 16.7. The maximum absolute atomic E-state index is 13.1. The molecule has 0 aliphatic carbocycles. The highest BCUT2D eigenvalue weighted by Crippen LogP contribution is 2.33. The number of rotatable bonds is 9. The molecule has 0 saturated heterocycles. The summed E-state index contributed by atoms with van der Waals surface area (Å²) < 4.78 is 46.3. The summed E-state index contributed by atoms with van der Waals surface area (Å²) in [5.74, 6) is 0.482. The van der Waals surface area contributed by atoms with Crippen molar-refractivity contribution in [3.8, 4) is 22.4 Å². The predicted molar refractivity (Wildman–Crippen MR) is 163 cm³/mol. The van der Waals surface area contributed by atoms with Crippen molar-refractivity contribution in [1.82, 2.24) is 9.55 Å². The van der Waals surface area contributed by atoms with Gasteiger partial charge in [-0.1, -0.05) is 71.7 Å². The Bertz CT molecular complexity index is 1730. The maximum Gasteiger partial charge on any atom is 0.416 e.